The normalized spacial score (nSPS) is 24.5. The van der Waals surface area contributed by atoms with Gasteiger partial charge in [0, 0.05) is 36.2 Å². The second-order valence-electron chi connectivity index (χ2n) is 6.09. The van der Waals surface area contributed by atoms with Gasteiger partial charge in [0.25, 0.3) is 5.91 Å². The highest BCUT2D eigenvalue weighted by Gasteiger charge is 2.40. The van der Waals surface area contributed by atoms with Gasteiger partial charge in [-0.3, -0.25) is 4.79 Å². The number of anilines is 1. The lowest BCUT2D eigenvalue weighted by Gasteiger charge is -2.35. The Morgan fingerprint density at radius 1 is 1.30 bits per heavy atom. The van der Waals surface area contributed by atoms with Crippen LogP contribution in [0.15, 0.2) is 30.4 Å². The van der Waals surface area contributed by atoms with Crippen molar-refractivity contribution >= 4 is 17.6 Å². The van der Waals surface area contributed by atoms with E-state index in [-0.39, 0.29) is 17.7 Å². The third-order valence-corrected chi connectivity index (χ3v) is 4.93. The summed E-state index contributed by atoms with van der Waals surface area (Å²) in [5.74, 6) is -0.718. The summed E-state index contributed by atoms with van der Waals surface area (Å²) < 4.78 is 0. The molecule has 0 fully saturated rings. The standard InChI is InChI=1S/C18H22N2O3/c1-3-20(4-2)17(21)11-8-9-15-14(10-11)12-6-5-7-13(12)16(19-15)18(22)23/h5-6,8-10,12-13,16,19H,3-4,7H2,1-2H3,(H,22,23)/t12-,13+,16-/m1/s1. The Balaban J connectivity index is 1.97. The summed E-state index contributed by atoms with van der Waals surface area (Å²) in [4.78, 5) is 25.8. The van der Waals surface area contributed by atoms with E-state index in [0.717, 1.165) is 17.7 Å². The molecule has 1 aromatic rings. The van der Waals surface area contributed by atoms with Crippen molar-refractivity contribution in [2.75, 3.05) is 18.4 Å². The van der Waals surface area contributed by atoms with Crippen LogP contribution in [0.25, 0.3) is 0 Å². The first-order valence-electron chi connectivity index (χ1n) is 8.16. The van der Waals surface area contributed by atoms with E-state index in [1.165, 1.54) is 0 Å². The molecular weight excluding hydrogens is 292 g/mol. The third-order valence-electron chi connectivity index (χ3n) is 4.93. The van der Waals surface area contributed by atoms with Gasteiger partial charge in [-0.1, -0.05) is 12.2 Å². The molecule has 0 saturated heterocycles. The zero-order valence-electron chi connectivity index (χ0n) is 13.5. The predicted octanol–water partition coefficient (Wildman–Crippen LogP) is 2.71. The van der Waals surface area contributed by atoms with Crippen LogP contribution in [0.2, 0.25) is 0 Å². The lowest BCUT2D eigenvalue weighted by atomic mass is 9.79. The Morgan fingerprint density at radius 2 is 2.04 bits per heavy atom. The molecule has 1 aliphatic heterocycles. The maximum absolute atomic E-state index is 12.6. The number of hydrogen-bond acceptors (Lipinski definition) is 3. The van der Waals surface area contributed by atoms with E-state index in [9.17, 15) is 14.7 Å². The van der Waals surface area contributed by atoms with Crippen molar-refractivity contribution in [3.8, 4) is 0 Å². The highest BCUT2D eigenvalue weighted by Crippen LogP contribution is 2.44. The third kappa shape index (κ3) is 2.60. The summed E-state index contributed by atoms with van der Waals surface area (Å²) in [6.07, 6.45) is 4.87. The average Bonchev–Trinajstić information content (AvgIpc) is 3.04. The minimum Gasteiger partial charge on any atom is -0.480 e. The van der Waals surface area contributed by atoms with E-state index in [2.05, 4.69) is 11.4 Å². The molecule has 0 unspecified atom stereocenters. The highest BCUT2D eigenvalue weighted by atomic mass is 16.4. The number of carboxylic acid groups (broad SMARTS) is 1. The Morgan fingerprint density at radius 3 is 2.70 bits per heavy atom. The van der Waals surface area contributed by atoms with Gasteiger partial charge in [0.15, 0.2) is 0 Å². The fourth-order valence-corrected chi connectivity index (χ4v) is 3.67. The van der Waals surface area contributed by atoms with E-state index in [4.69, 9.17) is 0 Å². The lowest BCUT2D eigenvalue weighted by molar-refractivity contribution is -0.139. The Labute approximate surface area is 136 Å². The molecular formula is C18H22N2O3. The second-order valence-corrected chi connectivity index (χ2v) is 6.09. The Hall–Kier alpha value is -2.30. The van der Waals surface area contributed by atoms with Gasteiger partial charge in [0.2, 0.25) is 0 Å². The molecule has 0 radical (unpaired) electrons. The fraction of sp³-hybridized carbons (Fsp3) is 0.444. The van der Waals surface area contributed by atoms with E-state index in [0.29, 0.717) is 18.7 Å². The fourth-order valence-electron chi connectivity index (χ4n) is 3.67. The minimum absolute atomic E-state index is 0.0128. The van der Waals surface area contributed by atoms with E-state index >= 15 is 0 Å². The van der Waals surface area contributed by atoms with Gasteiger partial charge < -0.3 is 15.3 Å². The number of rotatable bonds is 4. The van der Waals surface area contributed by atoms with Gasteiger partial charge in [-0.2, -0.15) is 0 Å². The molecule has 0 bridgehead atoms. The average molecular weight is 314 g/mol. The molecule has 3 rings (SSSR count). The summed E-state index contributed by atoms with van der Waals surface area (Å²) in [6.45, 7) is 5.29. The maximum Gasteiger partial charge on any atom is 0.326 e. The first-order chi connectivity index (χ1) is 11.1. The second kappa shape index (κ2) is 6.07. The smallest absolute Gasteiger partial charge is 0.326 e. The molecule has 1 aliphatic carbocycles. The van der Waals surface area contributed by atoms with Gasteiger partial charge in [-0.15, -0.1) is 0 Å². The molecule has 3 atom stereocenters. The quantitative estimate of drug-likeness (QED) is 0.838. The molecule has 1 aromatic carbocycles. The van der Waals surface area contributed by atoms with Crippen LogP contribution < -0.4 is 5.32 Å². The number of nitrogens with zero attached hydrogens (tertiary/aromatic N) is 1. The number of carbonyl (C=O) groups excluding carboxylic acids is 1. The molecule has 23 heavy (non-hydrogen) atoms. The van der Waals surface area contributed by atoms with Crippen molar-refractivity contribution in [3.05, 3.63) is 41.5 Å². The summed E-state index contributed by atoms with van der Waals surface area (Å²) in [5.41, 5.74) is 2.52. The highest BCUT2D eigenvalue weighted by molar-refractivity contribution is 5.95. The number of nitrogens with one attached hydrogen (secondary N) is 1. The number of benzene rings is 1. The van der Waals surface area contributed by atoms with Crippen LogP contribution in [-0.4, -0.2) is 41.0 Å². The number of allylic oxidation sites excluding steroid dienone is 2. The summed E-state index contributed by atoms with van der Waals surface area (Å²) in [5, 5.41) is 12.6. The molecule has 122 valence electrons. The monoisotopic (exact) mass is 314 g/mol. The first-order valence-corrected chi connectivity index (χ1v) is 8.16. The molecule has 5 heteroatoms. The molecule has 5 nitrogen and oxygen atoms in total. The van der Waals surface area contributed by atoms with Crippen molar-refractivity contribution in [2.24, 2.45) is 5.92 Å². The van der Waals surface area contributed by atoms with Gasteiger partial charge in [-0.05, 0) is 44.0 Å². The van der Waals surface area contributed by atoms with Crippen molar-refractivity contribution in [2.45, 2.75) is 32.2 Å². The van der Waals surface area contributed by atoms with Gasteiger partial charge in [-0.25, -0.2) is 4.79 Å². The van der Waals surface area contributed by atoms with Crippen LogP contribution in [0.1, 0.15) is 42.1 Å². The topological polar surface area (TPSA) is 69.6 Å². The van der Waals surface area contributed by atoms with Gasteiger partial charge in [0.05, 0.1) is 0 Å². The summed E-state index contributed by atoms with van der Waals surface area (Å²) >= 11 is 0. The van der Waals surface area contributed by atoms with E-state index < -0.39 is 12.0 Å². The number of amides is 1. The Bertz CT molecular complexity index is 664. The van der Waals surface area contributed by atoms with Crippen molar-refractivity contribution < 1.29 is 14.7 Å². The Kier molecular flexibility index (Phi) is 4.11. The maximum atomic E-state index is 12.6. The van der Waals surface area contributed by atoms with Crippen LogP contribution in [-0.2, 0) is 4.79 Å². The number of hydrogen-bond donors (Lipinski definition) is 2. The predicted molar refractivity (Wildman–Crippen MR) is 88.7 cm³/mol. The number of fused-ring (bicyclic) bond motifs is 3. The van der Waals surface area contributed by atoms with E-state index in [1.807, 2.05) is 32.1 Å². The van der Waals surface area contributed by atoms with Crippen LogP contribution >= 0.6 is 0 Å². The molecule has 0 spiro atoms. The van der Waals surface area contributed by atoms with Crippen molar-refractivity contribution in [3.63, 3.8) is 0 Å². The van der Waals surface area contributed by atoms with Crippen LogP contribution in [0.5, 0.6) is 0 Å². The first kappa shape index (κ1) is 15.6. The minimum atomic E-state index is -0.822. The van der Waals surface area contributed by atoms with Crippen LogP contribution in [0.4, 0.5) is 5.69 Å². The molecule has 1 amide bonds. The zero-order chi connectivity index (χ0) is 16.6. The van der Waals surface area contributed by atoms with Crippen molar-refractivity contribution in [1.29, 1.82) is 0 Å². The molecule has 0 saturated carbocycles. The summed E-state index contributed by atoms with van der Waals surface area (Å²) in [7, 11) is 0. The molecule has 1 heterocycles. The molecule has 2 aliphatic rings. The SMILES string of the molecule is CCN(CC)C(=O)c1ccc2c(c1)[C@@H]1C=CC[C@@H]1[C@H](C(=O)O)N2. The van der Waals surface area contributed by atoms with Crippen LogP contribution in [0, 0.1) is 5.92 Å². The number of carboxylic acids is 1. The number of aliphatic carboxylic acids is 1. The van der Waals surface area contributed by atoms with Crippen LogP contribution in [0.3, 0.4) is 0 Å². The van der Waals surface area contributed by atoms with E-state index in [1.54, 1.807) is 11.0 Å². The van der Waals surface area contributed by atoms with Gasteiger partial charge >= 0.3 is 5.97 Å². The zero-order valence-corrected chi connectivity index (χ0v) is 13.5. The lowest BCUT2D eigenvalue weighted by Crippen LogP contribution is -2.42. The number of carbonyl (C=O) groups is 2. The summed E-state index contributed by atoms with van der Waals surface area (Å²) in [6, 6.07) is 4.97. The molecule has 2 N–H and O–H groups in total. The van der Waals surface area contributed by atoms with Crippen molar-refractivity contribution in [1.82, 2.24) is 4.90 Å². The largest absolute Gasteiger partial charge is 0.480 e. The van der Waals surface area contributed by atoms with Gasteiger partial charge in [0.1, 0.15) is 6.04 Å². The molecule has 0 aromatic heterocycles.